The van der Waals surface area contributed by atoms with Crippen LogP contribution in [0.2, 0.25) is 0 Å². The van der Waals surface area contributed by atoms with E-state index in [-0.39, 0.29) is 23.3 Å². The molecule has 1 fully saturated rings. The second-order valence-electron chi connectivity index (χ2n) is 6.86. The van der Waals surface area contributed by atoms with Crippen LogP contribution < -0.4 is 5.32 Å². The Morgan fingerprint density at radius 2 is 1.81 bits per heavy atom. The predicted octanol–water partition coefficient (Wildman–Crippen LogP) is 1.84. The Morgan fingerprint density at radius 1 is 1.08 bits per heavy atom. The molecule has 5 nitrogen and oxygen atoms in total. The first-order valence-corrected chi connectivity index (χ1v) is 10.6. The Bertz CT molecular complexity index is 1040. The van der Waals surface area contributed by atoms with E-state index < -0.39 is 15.9 Å². The summed E-state index contributed by atoms with van der Waals surface area (Å²) >= 11 is 0. The number of ketones is 1. The number of H-pyrrole nitrogens is 1. The number of nitrogens with one attached hydrogen (secondary N) is 1. The van der Waals surface area contributed by atoms with E-state index in [1.54, 1.807) is 6.20 Å². The maximum atomic E-state index is 13.4. The molecule has 1 aromatic heterocycles. The Hall–Kier alpha value is -2.44. The molecule has 134 valence electrons. The highest BCUT2D eigenvalue weighted by atomic mass is 32.2. The average molecular weight is 369 g/mol. The quantitative estimate of drug-likeness (QED) is 0.673. The molecule has 1 saturated heterocycles. The molecule has 2 heterocycles. The molecule has 0 amide bonds. The van der Waals surface area contributed by atoms with Gasteiger partial charge in [-0.1, -0.05) is 48.5 Å². The van der Waals surface area contributed by atoms with Crippen LogP contribution in [0, 0.1) is 0 Å². The number of hydrogen-bond acceptors (Lipinski definition) is 3. The lowest BCUT2D eigenvalue weighted by Gasteiger charge is -2.18. The van der Waals surface area contributed by atoms with Crippen molar-refractivity contribution in [2.24, 2.45) is 0 Å². The lowest BCUT2D eigenvalue weighted by molar-refractivity contribution is -0.709. The summed E-state index contributed by atoms with van der Waals surface area (Å²) in [5, 5.41) is 2.83. The molecule has 1 aliphatic rings. The third kappa shape index (κ3) is 3.30. The van der Waals surface area contributed by atoms with Gasteiger partial charge in [0.25, 0.3) is 0 Å². The predicted molar refractivity (Wildman–Crippen MR) is 101 cm³/mol. The van der Waals surface area contributed by atoms with Gasteiger partial charge >= 0.3 is 0 Å². The third-order valence-corrected chi connectivity index (χ3v) is 6.82. The van der Waals surface area contributed by atoms with Gasteiger partial charge in [0.15, 0.2) is 15.9 Å². The molecule has 0 radical (unpaired) electrons. The Kier molecular flexibility index (Phi) is 4.38. The molecule has 0 bridgehead atoms. The molecule has 6 heteroatoms. The zero-order valence-electron chi connectivity index (χ0n) is 14.3. The minimum absolute atomic E-state index is 0.00190. The summed E-state index contributed by atoms with van der Waals surface area (Å²) in [5.41, 5.74) is 2.46. The molecular weight excluding hydrogens is 348 g/mol. The van der Waals surface area contributed by atoms with Crippen molar-refractivity contribution in [1.82, 2.24) is 4.98 Å². The summed E-state index contributed by atoms with van der Waals surface area (Å²) < 4.78 is 23.6. The van der Waals surface area contributed by atoms with Crippen molar-refractivity contribution in [3.8, 4) is 0 Å². The molecule has 0 aliphatic carbocycles. The lowest BCUT2D eigenvalue weighted by atomic mass is 9.96. The first-order valence-electron chi connectivity index (χ1n) is 8.74. The van der Waals surface area contributed by atoms with E-state index in [4.69, 9.17) is 0 Å². The maximum Gasteiger partial charge on any atom is 0.226 e. The van der Waals surface area contributed by atoms with E-state index in [0.717, 1.165) is 16.5 Å². The molecule has 3 N–H and O–H groups in total. The van der Waals surface area contributed by atoms with Gasteiger partial charge in [0.2, 0.25) is 5.78 Å². The van der Waals surface area contributed by atoms with Crippen LogP contribution in [0.4, 0.5) is 0 Å². The van der Waals surface area contributed by atoms with Crippen LogP contribution in [0.5, 0.6) is 0 Å². The van der Waals surface area contributed by atoms with E-state index in [2.05, 4.69) is 4.98 Å². The highest BCUT2D eigenvalue weighted by Gasteiger charge is 2.36. The Morgan fingerprint density at radius 3 is 2.54 bits per heavy atom. The molecule has 0 saturated carbocycles. The van der Waals surface area contributed by atoms with Crippen LogP contribution in [0.1, 0.15) is 28.4 Å². The van der Waals surface area contributed by atoms with E-state index >= 15 is 0 Å². The van der Waals surface area contributed by atoms with Gasteiger partial charge in [-0.15, -0.1) is 0 Å². The van der Waals surface area contributed by atoms with Gasteiger partial charge in [-0.2, -0.15) is 0 Å². The van der Waals surface area contributed by atoms with Gasteiger partial charge in [-0.05, 0) is 6.07 Å². The van der Waals surface area contributed by atoms with Crippen molar-refractivity contribution in [3.05, 3.63) is 71.9 Å². The monoisotopic (exact) mass is 369 g/mol. The smallest absolute Gasteiger partial charge is 0.226 e. The first kappa shape index (κ1) is 17.0. The number of aromatic amines is 1. The van der Waals surface area contributed by atoms with Gasteiger partial charge in [0.05, 0.1) is 5.75 Å². The summed E-state index contributed by atoms with van der Waals surface area (Å²) in [6.07, 6.45) is 2.34. The second kappa shape index (κ2) is 6.70. The Labute approximate surface area is 152 Å². The topological polar surface area (TPSA) is 83.6 Å². The van der Waals surface area contributed by atoms with Crippen LogP contribution in [-0.4, -0.2) is 36.7 Å². The zero-order valence-corrected chi connectivity index (χ0v) is 15.1. The van der Waals surface area contributed by atoms with Crippen molar-refractivity contribution in [2.45, 2.75) is 18.5 Å². The molecular formula is C20H21N2O3S+. The second-order valence-corrected chi connectivity index (χ2v) is 9.08. The van der Waals surface area contributed by atoms with Crippen molar-refractivity contribution < 1.29 is 18.5 Å². The minimum Gasteiger partial charge on any atom is -0.360 e. The number of rotatable bonds is 5. The zero-order chi connectivity index (χ0) is 18.1. The Balaban J connectivity index is 1.69. The van der Waals surface area contributed by atoms with Crippen molar-refractivity contribution in [2.75, 3.05) is 11.5 Å². The minimum atomic E-state index is -2.99. The molecule has 4 rings (SSSR count). The summed E-state index contributed by atoms with van der Waals surface area (Å²) in [6.45, 7) is 0. The highest BCUT2D eigenvalue weighted by molar-refractivity contribution is 7.91. The normalized spacial score (nSPS) is 20.2. The SMILES string of the molecule is O=C(c1c[nH]c2ccccc12)[C@H]([NH2+][C@H]1CCS(=O)(=O)C1)c1ccccc1. The summed E-state index contributed by atoms with van der Waals surface area (Å²) in [5.74, 6) is 0.340. The van der Waals surface area contributed by atoms with Crippen LogP contribution in [0.15, 0.2) is 60.8 Å². The van der Waals surface area contributed by atoms with Crippen LogP contribution in [0.25, 0.3) is 10.9 Å². The van der Waals surface area contributed by atoms with Crippen molar-refractivity contribution in [1.29, 1.82) is 0 Å². The fraction of sp³-hybridized carbons (Fsp3) is 0.250. The van der Waals surface area contributed by atoms with Crippen molar-refractivity contribution in [3.63, 3.8) is 0 Å². The number of Topliss-reactive ketones (excluding diaryl/α,β-unsaturated/α-hetero) is 1. The molecule has 26 heavy (non-hydrogen) atoms. The number of carbonyl (C=O) groups is 1. The molecule has 2 aromatic carbocycles. The van der Waals surface area contributed by atoms with Crippen LogP contribution in [-0.2, 0) is 9.84 Å². The number of carbonyl (C=O) groups excluding carboxylic acids is 1. The molecule has 3 aromatic rings. The van der Waals surface area contributed by atoms with E-state index in [9.17, 15) is 13.2 Å². The fourth-order valence-corrected chi connectivity index (χ4v) is 5.46. The number of benzene rings is 2. The number of hydrogen-bond donors (Lipinski definition) is 2. The number of fused-ring (bicyclic) bond motifs is 1. The average Bonchev–Trinajstić information content (AvgIpc) is 3.23. The fourth-order valence-electron chi connectivity index (χ4n) is 3.70. The number of para-hydroxylation sites is 1. The van der Waals surface area contributed by atoms with Crippen LogP contribution >= 0.6 is 0 Å². The van der Waals surface area contributed by atoms with Gasteiger partial charge in [0.1, 0.15) is 11.8 Å². The lowest BCUT2D eigenvalue weighted by Crippen LogP contribution is -2.92. The van der Waals surface area contributed by atoms with Crippen LogP contribution in [0.3, 0.4) is 0 Å². The van der Waals surface area contributed by atoms with Crippen molar-refractivity contribution >= 4 is 26.5 Å². The van der Waals surface area contributed by atoms with E-state index in [1.165, 1.54) is 0 Å². The first-order chi connectivity index (χ1) is 12.5. The molecule has 0 spiro atoms. The van der Waals surface area contributed by atoms with Gasteiger partial charge in [-0.3, -0.25) is 4.79 Å². The number of sulfone groups is 1. The van der Waals surface area contributed by atoms with E-state index in [0.29, 0.717) is 12.0 Å². The summed E-state index contributed by atoms with van der Waals surface area (Å²) in [7, 11) is -2.99. The number of nitrogens with two attached hydrogens (primary N) is 1. The van der Waals surface area contributed by atoms with Gasteiger partial charge in [-0.25, -0.2) is 8.42 Å². The molecule has 1 aliphatic heterocycles. The molecule has 0 unspecified atom stereocenters. The van der Waals surface area contributed by atoms with E-state index in [1.807, 2.05) is 59.9 Å². The maximum absolute atomic E-state index is 13.4. The van der Waals surface area contributed by atoms with Gasteiger partial charge in [0, 0.05) is 34.6 Å². The summed E-state index contributed by atoms with van der Waals surface area (Å²) in [4.78, 5) is 16.5. The number of quaternary nitrogens is 1. The standard InChI is InChI=1S/C20H20N2O3S/c23-20(17-12-21-18-9-5-4-8-16(17)18)19(14-6-2-1-3-7-14)22-15-10-11-26(24,25)13-15/h1-9,12,15,19,21-22H,10-11,13H2/p+1/t15-,19+/m0/s1. The molecule has 2 atom stereocenters. The largest absolute Gasteiger partial charge is 0.360 e. The van der Waals surface area contributed by atoms with Gasteiger partial charge < -0.3 is 10.3 Å². The highest BCUT2D eigenvalue weighted by Crippen LogP contribution is 2.23. The summed E-state index contributed by atoms with van der Waals surface area (Å²) in [6, 6.07) is 16.8. The third-order valence-electron chi connectivity index (χ3n) is 5.03. The number of aromatic nitrogens is 1.